The monoisotopic (exact) mass is 586 g/mol. The predicted octanol–water partition coefficient (Wildman–Crippen LogP) is 6.08. The van der Waals surface area contributed by atoms with Gasteiger partial charge in [-0.05, 0) is 71.4 Å². The maximum absolute atomic E-state index is 13.0. The van der Waals surface area contributed by atoms with Crippen LogP contribution in [0, 0.1) is 10.1 Å². The number of pyridine rings is 1. The quantitative estimate of drug-likeness (QED) is 0.265. The lowest BCUT2D eigenvalue weighted by molar-refractivity contribution is -0.385. The van der Waals surface area contributed by atoms with E-state index in [-0.39, 0.29) is 44.9 Å². The molecule has 37 heavy (non-hydrogen) atoms. The van der Waals surface area contributed by atoms with Gasteiger partial charge in [-0.3, -0.25) is 19.7 Å². The van der Waals surface area contributed by atoms with Gasteiger partial charge in [0.2, 0.25) is 5.88 Å². The molecule has 2 aromatic carbocycles. The molecular weight excluding hydrogens is 564 g/mol. The van der Waals surface area contributed by atoms with E-state index in [4.69, 9.17) is 16.3 Å². The van der Waals surface area contributed by atoms with Gasteiger partial charge in [0.25, 0.3) is 17.5 Å². The molecule has 0 saturated carbocycles. The summed E-state index contributed by atoms with van der Waals surface area (Å²) in [6, 6.07) is 13.6. The Balaban J connectivity index is 1.38. The molecule has 1 aliphatic rings. The second kappa shape index (κ2) is 11.7. The van der Waals surface area contributed by atoms with Crippen molar-refractivity contribution in [2.24, 2.45) is 0 Å². The fourth-order valence-corrected chi connectivity index (χ4v) is 5.03. The number of nitro benzene ring substituents is 1. The summed E-state index contributed by atoms with van der Waals surface area (Å²) >= 11 is 9.23. The Bertz CT molecular complexity index is 1330. The van der Waals surface area contributed by atoms with E-state index in [1.165, 1.54) is 24.4 Å². The van der Waals surface area contributed by atoms with Crippen molar-refractivity contribution in [2.45, 2.75) is 25.7 Å². The minimum Gasteiger partial charge on any atom is -0.477 e. The molecule has 1 saturated heterocycles. The number of halogens is 2. The number of ether oxygens (including phenoxy) is 1. The molecule has 9 nitrogen and oxygen atoms in total. The third-order valence-corrected chi connectivity index (χ3v) is 7.21. The number of hydrogen-bond donors (Lipinski definition) is 1. The summed E-state index contributed by atoms with van der Waals surface area (Å²) in [6.45, 7) is 3.26. The lowest BCUT2D eigenvalue weighted by Gasteiger charge is -2.32. The first kappa shape index (κ1) is 26.6. The zero-order valence-corrected chi connectivity index (χ0v) is 22.3. The number of nitrogens with zero attached hydrogens (tertiary/aromatic N) is 3. The van der Waals surface area contributed by atoms with Crippen molar-refractivity contribution >= 4 is 50.7 Å². The Morgan fingerprint density at radius 2 is 1.89 bits per heavy atom. The maximum Gasteiger partial charge on any atom is 0.284 e. The molecule has 1 aromatic heterocycles. The molecule has 1 aliphatic heterocycles. The molecular formula is C26H24BrClN4O5. The minimum atomic E-state index is -0.511. The van der Waals surface area contributed by atoms with Gasteiger partial charge in [-0.1, -0.05) is 29.8 Å². The van der Waals surface area contributed by atoms with Gasteiger partial charge in [-0.15, -0.1) is 0 Å². The van der Waals surface area contributed by atoms with Crippen molar-refractivity contribution in [1.82, 2.24) is 9.88 Å². The largest absolute Gasteiger partial charge is 0.477 e. The van der Waals surface area contributed by atoms with Crippen LogP contribution >= 0.6 is 27.5 Å². The second-order valence-electron chi connectivity index (χ2n) is 8.48. The number of carbonyl (C=O) groups excluding carboxylic acids is 2. The molecule has 1 fully saturated rings. The number of nitrogens with one attached hydrogen (secondary N) is 1. The third-order valence-electron chi connectivity index (χ3n) is 6.17. The van der Waals surface area contributed by atoms with Crippen LogP contribution in [0.15, 0.2) is 59.2 Å². The van der Waals surface area contributed by atoms with Crippen LogP contribution in [-0.2, 0) is 0 Å². The van der Waals surface area contributed by atoms with Crippen molar-refractivity contribution in [3.8, 4) is 5.88 Å². The Morgan fingerprint density at radius 3 is 2.54 bits per heavy atom. The smallest absolute Gasteiger partial charge is 0.284 e. The highest BCUT2D eigenvalue weighted by molar-refractivity contribution is 9.10. The summed E-state index contributed by atoms with van der Waals surface area (Å²) < 4.78 is 5.64. The number of carbonyl (C=O) groups is 2. The lowest BCUT2D eigenvalue weighted by Crippen LogP contribution is -2.38. The van der Waals surface area contributed by atoms with Crippen molar-refractivity contribution in [1.29, 1.82) is 0 Å². The van der Waals surface area contributed by atoms with Gasteiger partial charge >= 0.3 is 0 Å². The number of nitro groups is 1. The number of hydrogen-bond acceptors (Lipinski definition) is 6. The van der Waals surface area contributed by atoms with Crippen LogP contribution in [0.5, 0.6) is 5.88 Å². The SMILES string of the molecule is CCOc1ncc(Cl)cc1C(=O)Nc1ccc(C2CCN(C(=O)c3cccc([N+](=O)[O-])c3Br)CC2)cc1. The van der Waals surface area contributed by atoms with Crippen LogP contribution in [0.3, 0.4) is 0 Å². The van der Waals surface area contributed by atoms with Crippen LogP contribution in [0.2, 0.25) is 5.02 Å². The lowest BCUT2D eigenvalue weighted by atomic mass is 9.89. The molecule has 2 heterocycles. The summed E-state index contributed by atoms with van der Waals surface area (Å²) in [5, 5.41) is 14.4. The average Bonchev–Trinajstić information content (AvgIpc) is 2.90. The highest BCUT2D eigenvalue weighted by atomic mass is 79.9. The van der Waals surface area contributed by atoms with Crippen molar-refractivity contribution in [3.05, 3.63) is 91.0 Å². The highest BCUT2D eigenvalue weighted by Crippen LogP contribution is 2.33. The average molecular weight is 588 g/mol. The molecule has 1 N–H and O–H groups in total. The molecule has 0 radical (unpaired) electrons. The van der Waals surface area contributed by atoms with Gasteiger partial charge in [0.1, 0.15) is 10.0 Å². The third kappa shape index (κ3) is 6.08. The van der Waals surface area contributed by atoms with E-state index in [1.54, 1.807) is 11.0 Å². The zero-order valence-electron chi connectivity index (χ0n) is 19.9. The second-order valence-corrected chi connectivity index (χ2v) is 9.71. The molecule has 0 aliphatic carbocycles. The molecule has 4 rings (SSSR count). The van der Waals surface area contributed by atoms with E-state index in [9.17, 15) is 19.7 Å². The Hall–Kier alpha value is -3.50. The van der Waals surface area contributed by atoms with E-state index < -0.39 is 4.92 Å². The standard InChI is InChI=1S/C26H24BrClN4O5/c1-2-37-25-21(14-18(28)15-29-25)24(33)30-19-8-6-16(7-9-19)17-10-12-31(13-11-17)26(34)20-4-3-5-22(23(20)27)32(35)36/h3-9,14-15,17H,2,10-13H2,1H3,(H,30,33). The number of piperidine rings is 1. The van der Waals surface area contributed by atoms with Crippen molar-refractivity contribution in [3.63, 3.8) is 0 Å². The first-order chi connectivity index (χ1) is 17.8. The summed E-state index contributed by atoms with van der Waals surface area (Å²) in [7, 11) is 0. The van der Waals surface area contributed by atoms with Gasteiger partial charge in [0.05, 0.1) is 22.1 Å². The number of likely N-dealkylation sites (tertiary alicyclic amines) is 1. The Morgan fingerprint density at radius 1 is 1.19 bits per heavy atom. The topological polar surface area (TPSA) is 115 Å². The van der Waals surface area contributed by atoms with Crippen LogP contribution < -0.4 is 10.1 Å². The van der Waals surface area contributed by atoms with E-state index in [0.29, 0.717) is 30.4 Å². The highest BCUT2D eigenvalue weighted by Gasteiger charge is 2.28. The summed E-state index contributed by atoms with van der Waals surface area (Å²) in [5.74, 6) is -0.122. The van der Waals surface area contributed by atoms with Crippen LogP contribution in [0.4, 0.5) is 11.4 Å². The Kier molecular flexibility index (Phi) is 8.40. The van der Waals surface area contributed by atoms with Crippen molar-refractivity contribution < 1.29 is 19.2 Å². The fourth-order valence-electron chi connectivity index (χ4n) is 4.29. The number of benzene rings is 2. The van der Waals surface area contributed by atoms with Crippen LogP contribution in [0.25, 0.3) is 0 Å². The molecule has 0 spiro atoms. The Labute approximate surface area is 227 Å². The van der Waals surface area contributed by atoms with Gasteiger partial charge in [0.15, 0.2) is 0 Å². The number of aromatic nitrogens is 1. The van der Waals surface area contributed by atoms with Gasteiger partial charge in [-0.2, -0.15) is 0 Å². The minimum absolute atomic E-state index is 0.131. The number of amides is 2. The summed E-state index contributed by atoms with van der Waals surface area (Å²) in [4.78, 5) is 42.3. The summed E-state index contributed by atoms with van der Waals surface area (Å²) in [5.41, 5.74) is 2.15. The predicted molar refractivity (Wildman–Crippen MR) is 143 cm³/mol. The van der Waals surface area contributed by atoms with Crippen molar-refractivity contribution in [2.75, 3.05) is 25.0 Å². The van der Waals surface area contributed by atoms with Gasteiger partial charge in [0, 0.05) is 31.0 Å². The van der Waals surface area contributed by atoms with E-state index in [2.05, 4.69) is 26.2 Å². The zero-order chi connectivity index (χ0) is 26.5. The van der Waals surface area contributed by atoms with E-state index in [0.717, 1.165) is 18.4 Å². The first-order valence-corrected chi connectivity index (χ1v) is 12.9. The number of anilines is 1. The first-order valence-electron chi connectivity index (χ1n) is 11.7. The normalized spacial score (nSPS) is 13.8. The molecule has 0 bridgehead atoms. The van der Waals surface area contributed by atoms with E-state index in [1.807, 2.05) is 31.2 Å². The van der Waals surface area contributed by atoms with Gasteiger partial charge < -0.3 is 15.0 Å². The van der Waals surface area contributed by atoms with Crippen LogP contribution in [0.1, 0.15) is 52.0 Å². The molecule has 2 amide bonds. The van der Waals surface area contributed by atoms with Crippen LogP contribution in [-0.4, -0.2) is 46.3 Å². The fraction of sp³-hybridized carbons (Fsp3) is 0.269. The van der Waals surface area contributed by atoms with Gasteiger partial charge in [-0.25, -0.2) is 4.98 Å². The molecule has 0 atom stereocenters. The molecule has 192 valence electrons. The summed E-state index contributed by atoms with van der Waals surface area (Å²) in [6.07, 6.45) is 2.95. The number of rotatable bonds is 7. The maximum atomic E-state index is 13.0. The molecule has 3 aromatic rings. The molecule has 0 unspecified atom stereocenters. The molecule has 11 heteroatoms. The van der Waals surface area contributed by atoms with E-state index >= 15 is 0 Å².